The van der Waals surface area contributed by atoms with Gasteiger partial charge in [0.25, 0.3) is 0 Å². The largest absolute Gasteiger partial charge is 0.461 e. The van der Waals surface area contributed by atoms with E-state index in [1.807, 2.05) is 0 Å². The van der Waals surface area contributed by atoms with Gasteiger partial charge in [-0.3, -0.25) is 4.79 Å². The van der Waals surface area contributed by atoms with Gasteiger partial charge in [0.1, 0.15) is 11.7 Å². The summed E-state index contributed by atoms with van der Waals surface area (Å²) in [6.07, 6.45) is 3.90. The van der Waals surface area contributed by atoms with Crippen molar-refractivity contribution in [3.63, 3.8) is 0 Å². The maximum Gasteiger partial charge on any atom is 0.309 e. The standard InChI is InChI=1S/C27H44O7/c1-23(2)19(28)12-18-25(4,32)17-11-10-16-21(34-22(30)15-8-6-5-7-9-15)26(17,14-24(16,3)31)13-20(29)27(18,23)33/h15-21,28-29,31-33H,5-14H2,1-4H3/t16-,17-,18-,19-,20-,21?,24+,25+,26?,27-/m0/s1. The van der Waals surface area contributed by atoms with Crippen molar-refractivity contribution in [3.8, 4) is 0 Å². The number of hydrogen-bond acceptors (Lipinski definition) is 7. The van der Waals surface area contributed by atoms with E-state index < -0.39 is 51.9 Å². The number of rotatable bonds is 2. The molecule has 5 aliphatic carbocycles. The lowest BCUT2D eigenvalue weighted by molar-refractivity contribution is -0.202. The molecular formula is C27H44O7. The van der Waals surface area contributed by atoms with Crippen molar-refractivity contribution >= 4 is 5.97 Å². The van der Waals surface area contributed by atoms with Gasteiger partial charge in [-0.1, -0.05) is 33.1 Å². The number of ether oxygens (including phenoxy) is 1. The molecule has 5 aliphatic rings. The summed E-state index contributed by atoms with van der Waals surface area (Å²) in [5, 5.41) is 58.1. The van der Waals surface area contributed by atoms with Crippen molar-refractivity contribution in [1.29, 1.82) is 0 Å². The molecule has 10 atom stereocenters. The van der Waals surface area contributed by atoms with Gasteiger partial charge in [-0.2, -0.15) is 0 Å². The lowest BCUT2D eigenvalue weighted by Crippen LogP contribution is -2.60. The predicted molar refractivity (Wildman–Crippen MR) is 124 cm³/mol. The van der Waals surface area contributed by atoms with Crippen LogP contribution in [0.1, 0.15) is 91.9 Å². The minimum Gasteiger partial charge on any atom is -0.461 e. The van der Waals surface area contributed by atoms with E-state index in [4.69, 9.17) is 4.74 Å². The van der Waals surface area contributed by atoms with Crippen molar-refractivity contribution in [2.24, 2.45) is 34.5 Å². The molecule has 2 unspecified atom stereocenters. The van der Waals surface area contributed by atoms with E-state index in [2.05, 4.69) is 0 Å². The van der Waals surface area contributed by atoms with Crippen LogP contribution >= 0.6 is 0 Å². The lowest BCUT2D eigenvalue weighted by Gasteiger charge is -2.52. The van der Waals surface area contributed by atoms with E-state index in [-0.39, 0.29) is 36.6 Å². The van der Waals surface area contributed by atoms with Crippen LogP contribution in [0.4, 0.5) is 0 Å². The van der Waals surface area contributed by atoms with Gasteiger partial charge in [-0.25, -0.2) is 0 Å². The number of carbonyl (C=O) groups excluding carboxylic acids is 1. The Morgan fingerprint density at radius 3 is 2.15 bits per heavy atom. The van der Waals surface area contributed by atoms with Crippen LogP contribution in [0.3, 0.4) is 0 Å². The first kappa shape index (κ1) is 24.9. The molecule has 5 N–H and O–H groups in total. The van der Waals surface area contributed by atoms with Gasteiger partial charge in [0.05, 0.1) is 29.3 Å². The Hall–Kier alpha value is -0.730. The maximum atomic E-state index is 13.3. The first-order valence-electron chi connectivity index (χ1n) is 13.4. The molecule has 0 aromatic carbocycles. The minimum absolute atomic E-state index is 0.117. The molecule has 5 saturated carbocycles. The smallest absolute Gasteiger partial charge is 0.309 e. The van der Waals surface area contributed by atoms with Gasteiger partial charge in [-0.15, -0.1) is 0 Å². The zero-order valence-electron chi connectivity index (χ0n) is 21.2. The van der Waals surface area contributed by atoms with Crippen molar-refractivity contribution in [2.45, 2.75) is 127 Å². The van der Waals surface area contributed by atoms with E-state index in [9.17, 15) is 30.3 Å². The zero-order chi connectivity index (χ0) is 24.9. The second-order valence-corrected chi connectivity index (χ2v) is 13.5. The molecule has 1 spiro atoms. The maximum absolute atomic E-state index is 13.3. The van der Waals surface area contributed by atoms with E-state index in [0.717, 1.165) is 32.1 Å². The molecule has 0 radical (unpaired) electrons. The van der Waals surface area contributed by atoms with Crippen LogP contribution in [0, 0.1) is 34.5 Å². The minimum atomic E-state index is -1.70. The Bertz CT molecular complexity index is 831. The van der Waals surface area contributed by atoms with Gasteiger partial charge < -0.3 is 30.3 Å². The summed E-state index contributed by atoms with van der Waals surface area (Å²) >= 11 is 0. The van der Waals surface area contributed by atoms with Crippen LogP contribution in [0.5, 0.6) is 0 Å². The van der Waals surface area contributed by atoms with Crippen LogP contribution in [0.15, 0.2) is 0 Å². The number of aliphatic hydroxyl groups excluding tert-OH is 2. The highest BCUT2D eigenvalue weighted by Gasteiger charge is 2.77. The van der Waals surface area contributed by atoms with Gasteiger partial charge in [0.15, 0.2) is 0 Å². The third kappa shape index (κ3) is 3.09. The van der Waals surface area contributed by atoms with Crippen LogP contribution in [-0.2, 0) is 9.53 Å². The third-order valence-corrected chi connectivity index (χ3v) is 11.4. The summed E-state index contributed by atoms with van der Waals surface area (Å²) in [5.41, 5.74) is -6.09. The molecule has 5 fully saturated rings. The quantitative estimate of drug-likeness (QED) is 0.384. The summed E-state index contributed by atoms with van der Waals surface area (Å²) in [6, 6.07) is 0. The molecule has 7 nitrogen and oxygen atoms in total. The number of fused-ring (bicyclic) bond motifs is 2. The topological polar surface area (TPSA) is 127 Å². The summed E-state index contributed by atoms with van der Waals surface area (Å²) in [6.45, 7) is 7.00. The number of aliphatic hydroxyl groups is 5. The fraction of sp³-hybridized carbons (Fsp3) is 0.963. The number of hydrogen-bond donors (Lipinski definition) is 5. The molecule has 0 aliphatic heterocycles. The third-order valence-electron chi connectivity index (χ3n) is 11.4. The van der Waals surface area contributed by atoms with Gasteiger partial charge in [-0.05, 0) is 64.7 Å². The molecule has 194 valence electrons. The summed E-state index contributed by atoms with van der Waals surface area (Å²) in [5.74, 6) is -1.75. The summed E-state index contributed by atoms with van der Waals surface area (Å²) in [7, 11) is 0. The molecule has 0 saturated heterocycles. The molecule has 7 heteroatoms. The molecular weight excluding hydrogens is 436 g/mol. The van der Waals surface area contributed by atoms with Crippen molar-refractivity contribution < 1.29 is 35.1 Å². The van der Waals surface area contributed by atoms with Crippen LogP contribution in [-0.4, -0.2) is 66.6 Å². The molecule has 0 amide bonds. The fourth-order valence-corrected chi connectivity index (χ4v) is 9.52. The average Bonchev–Trinajstić information content (AvgIpc) is 2.99. The van der Waals surface area contributed by atoms with Crippen molar-refractivity contribution in [2.75, 3.05) is 0 Å². The van der Waals surface area contributed by atoms with Crippen LogP contribution in [0.2, 0.25) is 0 Å². The van der Waals surface area contributed by atoms with Crippen LogP contribution in [0.25, 0.3) is 0 Å². The highest BCUT2D eigenvalue weighted by atomic mass is 16.5. The highest BCUT2D eigenvalue weighted by Crippen LogP contribution is 2.70. The van der Waals surface area contributed by atoms with E-state index in [1.165, 1.54) is 0 Å². The molecule has 0 aromatic heterocycles. The predicted octanol–water partition coefficient (Wildman–Crippen LogP) is 2.30. The van der Waals surface area contributed by atoms with Crippen molar-refractivity contribution in [3.05, 3.63) is 0 Å². The van der Waals surface area contributed by atoms with Crippen molar-refractivity contribution in [1.82, 2.24) is 0 Å². The van der Waals surface area contributed by atoms with E-state index >= 15 is 0 Å². The Morgan fingerprint density at radius 1 is 0.853 bits per heavy atom. The number of carbonyl (C=O) groups is 1. The Morgan fingerprint density at radius 2 is 1.50 bits per heavy atom. The SMILES string of the molecule is CC1(C)[C@@H](O)C[C@H]2[C@](C)(O)[C@@H]3CC[C@H]4C(OC(=O)C5CCCCC5)C3(C[C@H](O)[C@@]21O)C[C@@]4(C)O. The average molecular weight is 481 g/mol. The Labute approximate surface area is 202 Å². The molecule has 2 bridgehead atoms. The molecule has 34 heavy (non-hydrogen) atoms. The first-order valence-corrected chi connectivity index (χ1v) is 13.4. The second-order valence-electron chi connectivity index (χ2n) is 13.5. The normalized spacial score (nSPS) is 54.7. The van der Waals surface area contributed by atoms with Crippen LogP contribution < -0.4 is 0 Å². The highest BCUT2D eigenvalue weighted by molar-refractivity contribution is 5.73. The monoisotopic (exact) mass is 480 g/mol. The van der Waals surface area contributed by atoms with Gasteiger partial charge in [0.2, 0.25) is 0 Å². The second kappa shape index (κ2) is 7.64. The van der Waals surface area contributed by atoms with E-state index in [0.29, 0.717) is 19.3 Å². The Balaban J connectivity index is 1.58. The lowest BCUT2D eigenvalue weighted by atomic mass is 9.57. The van der Waals surface area contributed by atoms with Gasteiger partial charge >= 0.3 is 5.97 Å². The van der Waals surface area contributed by atoms with E-state index in [1.54, 1.807) is 27.7 Å². The first-order chi connectivity index (χ1) is 15.7. The summed E-state index contributed by atoms with van der Waals surface area (Å²) < 4.78 is 6.29. The fourth-order valence-electron chi connectivity index (χ4n) is 9.52. The summed E-state index contributed by atoms with van der Waals surface area (Å²) in [4.78, 5) is 13.3. The molecule has 0 heterocycles. The Kier molecular flexibility index (Phi) is 5.60. The molecule has 5 rings (SSSR count). The molecule has 0 aromatic rings. The van der Waals surface area contributed by atoms with Gasteiger partial charge in [0, 0.05) is 22.7 Å². The number of esters is 1. The zero-order valence-corrected chi connectivity index (χ0v) is 21.2.